The van der Waals surface area contributed by atoms with Crippen molar-refractivity contribution in [1.82, 2.24) is 0 Å². The van der Waals surface area contributed by atoms with Gasteiger partial charge in [-0.1, -0.05) is 280 Å². The largest absolute Gasteiger partial charge is 0.462 e. The molecule has 0 bridgehead atoms. The van der Waals surface area contributed by atoms with Gasteiger partial charge in [-0.25, -0.2) is 0 Å². The third kappa shape index (κ3) is 59.6. The molecule has 0 amide bonds. The van der Waals surface area contributed by atoms with Crippen LogP contribution in [0.3, 0.4) is 0 Å². The molecule has 422 valence electrons. The second-order valence-electron chi connectivity index (χ2n) is 20.9. The minimum absolute atomic E-state index is 0.0834. The van der Waals surface area contributed by atoms with E-state index >= 15 is 0 Å². The molecule has 0 N–H and O–H groups in total. The summed E-state index contributed by atoms with van der Waals surface area (Å²) in [6.45, 7) is 6.53. The van der Waals surface area contributed by atoms with Crippen LogP contribution >= 0.6 is 0 Å². The van der Waals surface area contributed by atoms with Gasteiger partial charge in [0.1, 0.15) is 13.2 Å². The second-order valence-corrected chi connectivity index (χ2v) is 20.9. The van der Waals surface area contributed by atoms with E-state index in [2.05, 4.69) is 93.7 Å². The van der Waals surface area contributed by atoms with Gasteiger partial charge in [0.25, 0.3) is 0 Å². The molecular weight excluding hydrogens is 901 g/mol. The Kier molecular flexibility index (Phi) is 58.7. The zero-order valence-electron chi connectivity index (χ0n) is 48.4. The SMILES string of the molecule is CC/C=C\C/C=C\C/C=C\C/C=C\C/C=C\CCCCCCCC(=O)OCC(COC(=O)CCCCCCC/C=C\CCCCCCC)OC(=O)CCCCCCCCCCCCCCCCCCCCCC. The van der Waals surface area contributed by atoms with Crippen molar-refractivity contribution >= 4 is 17.9 Å². The summed E-state index contributed by atoms with van der Waals surface area (Å²) in [6.07, 6.45) is 79.0. The van der Waals surface area contributed by atoms with Gasteiger partial charge < -0.3 is 14.2 Å². The predicted molar refractivity (Wildman–Crippen MR) is 316 cm³/mol. The second kappa shape index (κ2) is 61.4. The first-order valence-corrected chi connectivity index (χ1v) is 31.4. The maximum atomic E-state index is 12.9. The third-order valence-electron chi connectivity index (χ3n) is 13.7. The molecule has 0 fully saturated rings. The maximum absolute atomic E-state index is 12.9. The Bertz CT molecular complexity index is 1360. The number of rotatable bonds is 57. The van der Waals surface area contributed by atoms with Crippen molar-refractivity contribution in [3.8, 4) is 0 Å². The van der Waals surface area contributed by atoms with E-state index in [0.29, 0.717) is 19.3 Å². The summed E-state index contributed by atoms with van der Waals surface area (Å²) in [6, 6.07) is 0. The summed E-state index contributed by atoms with van der Waals surface area (Å²) in [5.74, 6) is -0.895. The highest BCUT2D eigenvalue weighted by molar-refractivity contribution is 5.71. The van der Waals surface area contributed by atoms with Gasteiger partial charge in [-0.05, 0) is 89.9 Å². The number of carbonyl (C=O) groups excluding carboxylic acids is 3. The summed E-state index contributed by atoms with van der Waals surface area (Å²) in [5.41, 5.74) is 0. The maximum Gasteiger partial charge on any atom is 0.306 e. The molecule has 73 heavy (non-hydrogen) atoms. The van der Waals surface area contributed by atoms with Crippen LogP contribution in [0.2, 0.25) is 0 Å². The Morgan fingerprint density at radius 3 is 0.849 bits per heavy atom. The van der Waals surface area contributed by atoms with Crippen molar-refractivity contribution in [2.45, 2.75) is 322 Å². The first-order valence-electron chi connectivity index (χ1n) is 31.4. The molecule has 0 aromatic carbocycles. The average molecular weight is 1020 g/mol. The summed E-state index contributed by atoms with van der Waals surface area (Å²) >= 11 is 0. The smallest absolute Gasteiger partial charge is 0.306 e. The Morgan fingerprint density at radius 2 is 0.534 bits per heavy atom. The Morgan fingerprint density at radius 1 is 0.288 bits per heavy atom. The van der Waals surface area contributed by atoms with Crippen molar-refractivity contribution in [3.05, 3.63) is 72.9 Å². The molecule has 0 spiro atoms. The van der Waals surface area contributed by atoms with Gasteiger partial charge >= 0.3 is 17.9 Å². The average Bonchev–Trinajstić information content (AvgIpc) is 3.39. The highest BCUT2D eigenvalue weighted by atomic mass is 16.6. The molecule has 0 rings (SSSR count). The van der Waals surface area contributed by atoms with Crippen LogP contribution in [0, 0.1) is 0 Å². The third-order valence-corrected chi connectivity index (χ3v) is 13.7. The van der Waals surface area contributed by atoms with E-state index in [1.54, 1.807) is 0 Å². The molecule has 1 atom stereocenters. The Balaban J connectivity index is 4.38. The molecule has 1 unspecified atom stereocenters. The molecule has 0 aromatic heterocycles. The molecule has 0 radical (unpaired) electrons. The van der Waals surface area contributed by atoms with Crippen LogP contribution in [0.1, 0.15) is 316 Å². The fourth-order valence-corrected chi connectivity index (χ4v) is 9.00. The minimum Gasteiger partial charge on any atom is -0.462 e. The summed E-state index contributed by atoms with van der Waals surface area (Å²) in [4.78, 5) is 38.3. The molecule has 0 aliphatic carbocycles. The van der Waals surface area contributed by atoms with E-state index in [9.17, 15) is 14.4 Å². The van der Waals surface area contributed by atoms with Gasteiger partial charge in [0, 0.05) is 19.3 Å². The standard InChI is InChI=1S/C67H118O6/c1-4-7-10-13-16-19-22-25-28-30-32-34-36-37-39-42-45-48-51-54-57-60-66(69)72-63-64(62-71-65(68)59-56-53-50-47-44-41-27-24-21-18-15-12-9-6-3)73-67(70)61-58-55-52-49-46-43-40-38-35-33-31-29-26-23-20-17-14-11-8-5-2/h7,10,16,19,24-25,27-28,32,34,37,39,64H,4-6,8-9,11-15,17-18,20-23,26,29-31,33,35-36,38,40-63H2,1-3H3/b10-7-,19-16-,27-24-,28-25-,34-32-,39-37-. The van der Waals surface area contributed by atoms with Gasteiger partial charge in [0.15, 0.2) is 6.10 Å². The highest BCUT2D eigenvalue weighted by Gasteiger charge is 2.19. The number of allylic oxidation sites excluding steroid dienone is 12. The fraction of sp³-hybridized carbons (Fsp3) is 0.776. The van der Waals surface area contributed by atoms with Gasteiger partial charge in [-0.15, -0.1) is 0 Å². The normalized spacial score (nSPS) is 12.5. The first-order chi connectivity index (χ1) is 36.0. The molecule has 0 aromatic rings. The van der Waals surface area contributed by atoms with E-state index < -0.39 is 6.10 Å². The summed E-state index contributed by atoms with van der Waals surface area (Å²) in [7, 11) is 0. The van der Waals surface area contributed by atoms with Crippen LogP contribution in [-0.4, -0.2) is 37.2 Å². The Labute approximate surface area is 453 Å². The lowest BCUT2D eigenvalue weighted by Crippen LogP contribution is -2.30. The van der Waals surface area contributed by atoms with E-state index in [0.717, 1.165) is 116 Å². The van der Waals surface area contributed by atoms with Crippen LogP contribution in [0.15, 0.2) is 72.9 Å². The van der Waals surface area contributed by atoms with Crippen molar-refractivity contribution in [2.75, 3.05) is 13.2 Å². The molecule has 0 heterocycles. The van der Waals surface area contributed by atoms with Crippen LogP contribution in [-0.2, 0) is 28.6 Å². The van der Waals surface area contributed by atoms with E-state index in [1.807, 2.05) is 0 Å². The monoisotopic (exact) mass is 1020 g/mol. The number of unbranched alkanes of at least 4 members (excludes halogenated alkanes) is 34. The highest BCUT2D eigenvalue weighted by Crippen LogP contribution is 2.17. The number of esters is 3. The number of carbonyl (C=O) groups is 3. The van der Waals surface area contributed by atoms with Crippen molar-refractivity contribution in [3.63, 3.8) is 0 Å². The van der Waals surface area contributed by atoms with Crippen molar-refractivity contribution < 1.29 is 28.6 Å². The lowest BCUT2D eigenvalue weighted by molar-refractivity contribution is -0.167. The zero-order valence-corrected chi connectivity index (χ0v) is 48.4. The van der Waals surface area contributed by atoms with E-state index in [1.165, 1.54) is 161 Å². The number of hydrogen-bond acceptors (Lipinski definition) is 6. The quantitative estimate of drug-likeness (QED) is 0.0261. The predicted octanol–water partition coefficient (Wildman–Crippen LogP) is 21.3. The minimum atomic E-state index is -0.786. The summed E-state index contributed by atoms with van der Waals surface area (Å²) < 4.78 is 16.9. The molecule has 0 aliphatic rings. The van der Waals surface area contributed by atoms with E-state index in [4.69, 9.17) is 14.2 Å². The van der Waals surface area contributed by atoms with Crippen molar-refractivity contribution in [2.24, 2.45) is 0 Å². The van der Waals surface area contributed by atoms with Gasteiger partial charge in [-0.3, -0.25) is 14.4 Å². The molecule has 6 heteroatoms. The molecule has 0 saturated carbocycles. The lowest BCUT2D eigenvalue weighted by atomic mass is 10.0. The fourth-order valence-electron chi connectivity index (χ4n) is 9.00. The zero-order chi connectivity index (χ0) is 52.9. The van der Waals surface area contributed by atoms with Crippen LogP contribution in [0.5, 0.6) is 0 Å². The first kappa shape index (κ1) is 69.8. The molecule has 6 nitrogen and oxygen atoms in total. The number of hydrogen-bond donors (Lipinski definition) is 0. The molecule has 0 saturated heterocycles. The van der Waals surface area contributed by atoms with Gasteiger partial charge in [0.2, 0.25) is 0 Å². The molecule has 0 aliphatic heterocycles. The van der Waals surface area contributed by atoms with Crippen LogP contribution in [0.25, 0.3) is 0 Å². The van der Waals surface area contributed by atoms with Crippen molar-refractivity contribution in [1.29, 1.82) is 0 Å². The van der Waals surface area contributed by atoms with Crippen LogP contribution < -0.4 is 0 Å². The van der Waals surface area contributed by atoms with Gasteiger partial charge in [0.05, 0.1) is 0 Å². The van der Waals surface area contributed by atoms with E-state index in [-0.39, 0.29) is 31.1 Å². The lowest BCUT2D eigenvalue weighted by Gasteiger charge is -2.18. The summed E-state index contributed by atoms with van der Waals surface area (Å²) in [5, 5.41) is 0. The Hall–Kier alpha value is -3.15. The topological polar surface area (TPSA) is 78.9 Å². The van der Waals surface area contributed by atoms with Gasteiger partial charge in [-0.2, -0.15) is 0 Å². The molecular formula is C67H118O6. The van der Waals surface area contributed by atoms with Crippen LogP contribution in [0.4, 0.5) is 0 Å². The number of ether oxygens (including phenoxy) is 3.